The van der Waals surface area contributed by atoms with Crippen molar-refractivity contribution in [3.05, 3.63) is 88.2 Å². The number of aryl methyl sites for hydroxylation is 1. The molecule has 0 spiro atoms. The number of nitrogens with one attached hydrogen (secondary N) is 2. The van der Waals surface area contributed by atoms with E-state index >= 15 is 0 Å². The Morgan fingerprint density at radius 3 is 2.72 bits per heavy atom. The van der Waals surface area contributed by atoms with Crippen LogP contribution >= 0.6 is 0 Å². The Morgan fingerprint density at radius 1 is 1.09 bits per heavy atom. The van der Waals surface area contributed by atoms with E-state index in [0.717, 1.165) is 70.6 Å². The largest absolute Gasteiger partial charge is 0.392 e. The number of amides is 2. The fourth-order valence-corrected chi connectivity index (χ4v) is 9.25. The van der Waals surface area contributed by atoms with E-state index in [-0.39, 0.29) is 34.6 Å². The number of aliphatic hydroxyl groups excluding tert-OH is 1. The van der Waals surface area contributed by atoms with Crippen LogP contribution in [0.15, 0.2) is 60.2 Å². The summed E-state index contributed by atoms with van der Waals surface area (Å²) in [5.74, 6) is -0.0655. The normalized spacial score (nSPS) is 20.8. The molecular weight excluding hydrogens is 723 g/mol. The van der Waals surface area contributed by atoms with Gasteiger partial charge in [0.05, 0.1) is 23.7 Å². The Morgan fingerprint density at radius 2 is 1.93 bits per heavy atom. The number of nitrogens with zero attached hydrogens (tertiary/aromatic N) is 7. The minimum atomic E-state index is -0.392. The van der Waals surface area contributed by atoms with Gasteiger partial charge in [-0.05, 0) is 86.4 Å². The Balaban J connectivity index is 1.06. The van der Waals surface area contributed by atoms with Crippen LogP contribution in [0.25, 0.3) is 11.3 Å². The van der Waals surface area contributed by atoms with Gasteiger partial charge >= 0.3 is 0 Å². The number of aromatic nitrogens is 4. The second-order valence-corrected chi connectivity index (χ2v) is 16.6. The van der Waals surface area contributed by atoms with Crippen LogP contribution in [0.4, 0.5) is 28.7 Å². The number of carbonyl (C=O) groups is 2. The highest BCUT2D eigenvalue weighted by molar-refractivity contribution is 6.06. The zero-order valence-corrected chi connectivity index (χ0v) is 33.4. The highest BCUT2D eigenvalue weighted by Gasteiger charge is 2.38. The number of pyridine rings is 1. The SMILES string of the molecule is C=CC(=O)Nc1cc(Nc2nc(-c3ccnc(N4CCn5c(cc6c5CC(C)(C)C6)C4=O)c3CO)cn(C)c2=O)ccc1N1CCN([C@@H]2CCCOCC2)C[C@@H]1C. The van der Waals surface area contributed by atoms with E-state index in [1.165, 1.54) is 21.9 Å². The number of hydrogen-bond donors (Lipinski definition) is 3. The average Bonchev–Trinajstić information content (AvgIpc) is 3.52. The van der Waals surface area contributed by atoms with Crippen LogP contribution in [0.5, 0.6) is 0 Å². The third-order valence-corrected chi connectivity index (χ3v) is 12.0. The first-order valence-electron chi connectivity index (χ1n) is 20.1. The van der Waals surface area contributed by atoms with E-state index in [0.29, 0.717) is 58.8 Å². The van der Waals surface area contributed by atoms with Crippen molar-refractivity contribution in [2.45, 2.75) is 78.1 Å². The summed E-state index contributed by atoms with van der Waals surface area (Å²) in [7, 11) is 1.64. The Labute approximate surface area is 333 Å². The van der Waals surface area contributed by atoms with E-state index in [1.807, 2.05) is 24.3 Å². The molecular formula is C43H53N9O5. The maximum absolute atomic E-state index is 14.0. The lowest BCUT2D eigenvalue weighted by atomic mass is 9.90. The maximum atomic E-state index is 14.0. The number of hydrogen-bond acceptors (Lipinski definition) is 10. The molecule has 1 aliphatic carbocycles. The first-order valence-corrected chi connectivity index (χ1v) is 20.1. The summed E-state index contributed by atoms with van der Waals surface area (Å²) < 4.78 is 9.30. The molecule has 3 N–H and O–H groups in total. The fraction of sp³-hybridized carbons (Fsp3) is 0.465. The van der Waals surface area contributed by atoms with Crippen molar-refractivity contribution in [3.8, 4) is 11.3 Å². The Hall–Kier alpha value is -5.31. The van der Waals surface area contributed by atoms with Crippen LogP contribution in [0.3, 0.4) is 0 Å². The van der Waals surface area contributed by atoms with Crippen molar-refractivity contribution >= 4 is 40.5 Å². The van der Waals surface area contributed by atoms with E-state index in [2.05, 4.69) is 57.3 Å². The van der Waals surface area contributed by atoms with Crippen molar-refractivity contribution in [1.82, 2.24) is 24.0 Å². The third kappa shape index (κ3) is 7.49. The lowest BCUT2D eigenvalue weighted by Gasteiger charge is -2.44. The van der Waals surface area contributed by atoms with Gasteiger partial charge in [0.25, 0.3) is 11.5 Å². The molecule has 0 bridgehead atoms. The van der Waals surface area contributed by atoms with Crippen molar-refractivity contribution in [2.24, 2.45) is 12.5 Å². The van der Waals surface area contributed by atoms with Gasteiger partial charge in [0.15, 0.2) is 5.82 Å². The minimum absolute atomic E-state index is 0.0599. The minimum Gasteiger partial charge on any atom is -0.392 e. The lowest BCUT2D eigenvalue weighted by molar-refractivity contribution is -0.111. The van der Waals surface area contributed by atoms with E-state index in [9.17, 15) is 19.5 Å². The number of rotatable bonds is 9. The maximum Gasteiger partial charge on any atom is 0.293 e. The summed E-state index contributed by atoms with van der Waals surface area (Å²) in [4.78, 5) is 56.1. The van der Waals surface area contributed by atoms with E-state index < -0.39 is 6.61 Å². The number of anilines is 5. The summed E-state index contributed by atoms with van der Waals surface area (Å²) in [6, 6.07) is 10.1. The van der Waals surface area contributed by atoms with Crippen LogP contribution in [0.2, 0.25) is 0 Å². The number of fused-ring (bicyclic) bond motifs is 3. The van der Waals surface area contributed by atoms with Crippen LogP contribution in [-0.4, -0.2) is 92.4 Å². The monoisotopic (exact) mass is 775 g/mol. The molecule has 4 aromatic rings. The smallest absolute Gasteiger partial charge is 0.293 e. The van der Waals surface area contributed by atoms with Crippen LogP contribution in [0, 0.1) is 5.41 Å². The van der Waals surface area contributed by atoms with Gasteiger partial charge in [-0.1, -0.05) is 20.4 Å². The number of carbonyl (C=O) groups excluding carboxylic acids is 2. The fourth-order valence-electron chi connectivity index (χ4n) is 9.25. The van der Waals surface area contributed by atoms with E-state index in [4.69, 9.17) is 9.72 Å². The van der Waals surface area contributed by atoms with Gasteiger partial charge in [0, 0.05) is 100.0 Å². The van der Waals surface area contributed by atoms with Gasteiger partial charge in [0.1, 0.15) is 11.5 Å². The molecule has 4 aliphatic rings. The number of benzene rings is 1. The molecule has 0 unspecified atom stereocenters. The summed E-state index contributed by atoms with van der Waals surface area (Å²) in [5.41, 5.74) is 6.36. The predicted molar refractivity (Wildman–Crippen MR) is 221 cm³/mol. The first kappa shape index (κ1) is 38.6. The lowest BCUT2D eigenvalue weighted by Crippen LogP contribution is -2.55. The molecule has 0 saturated carbocycles. The molecule has 8 rings (SSSR count). The predicted octanol–water partition coefficient (Wildman–Crippen LogP) is 4.87. The second-order valence-electron chi connectivity index (χ2n) is 16.6. The highest BCUT2D eigenvalue weighted by atomic mass is 16.5. The molecule has 3 aliphatic heterocycles. The van der Waals surface area contributed by atoms with Gasteiger partial charge in [-0.15, -0.1) is 0 Å². The standard InChI is InChI=1S/C43H53N9O5/c1-6-38(54)46-33-21-29(9-10-35(33)50-15-14-49(24-27(50)2)30-8-7-18-57-19-12-30)45-39-42(56)48(5)25-34(47-39)31-11-13-44-40(32(31)26-53)52-17-16-51-36(41(52)55)20-28-22-43(3,4)23-37(28)51/h6,9-11,13,20-21,25,27,30,53H,1,7-8,12,14-19,22-24,26H2,2-5H3,(H,45,47)(H,46,54)/t27-,30+/m0/s1. The van der Waals surface area contributed by atoms with Crippen molar-refractivity contribution < 1.29 is 19.4 Å². The number of piperazine rings is 1. The molecule has 2 fully saturated rings. The second kappa shape index (κ2) is 15.6. The molecule has 0 radical (unpaired) electrons. The van der Waals surface area contributed by atoms with Crippen LogP contribution in [-0.2, 0) is 42.6 Å². The number of ether oxygens (including phenoxy) is 1. The molecule has 14 nitrogen and oxygen atoms in total. The Bertz CT molecular complexity index is 2270. The van der Waals surface area contributed by atoms with E-state index in [1.54, 1.807) is 30.4 Å². The topological polar surface area (TPSA) is 150 Å². The first-order chi connectivity index (χ1) is 27.4. The highest BCUT2D eigenvalue weighted by Crippen LogP contribution is 2.40. The van der Waals surface area contributed by atoms with Crippen LogP contribution in [0.1, 0.15) is 67.3 Å². The average molecular weight is 776 g/mol. The van der Waals surface area contributed by atoms with Gasteiger partial charge in [-0.25, -0.2) is 9.97 Å². The molecule has 14 heteroatoms. The third-order valence-electron chi connectivity index (χ3n) is 12.0. The molecule has 3 aromatic heterocycles. The summed E-state index contributed by atoms with van der Waals surface area (Å²) in [6.45, 7) is 15.3. The molecule has 57 heavy (non-hydrogen) atoms. The van der Waals surface area contributed by atoms with Crippen molar-refractivity contribution in [3.63, 3.8) is 0 Å². The molecule has 2 saturated heterocycles. The van der Waals surface area contributed by atoms with Crippen molar-refractivity contribution in [2.75, 3.05) is 59.8 Å². The van der Waals surface area contributed by atoms with Gasteiger partial charge in [-0.3, -0.25) is 24.2 Å². The van der Waals surface area contributed by atoms with Crippen LogP contribution < -0.4 is 26.0 Å². The molecule has 2 amide bonds. The quantitative estimate of drug-likeness (QED) is 0.201. The molecule has 300 valence electrons. The van der Waals surface area contributed by atoms with Gasteiger partial charge in [0.2, 0.25) is 5.91 Å². The number of aliphatic hydroxyl groups is 1. The summed E-state index contributed by atoms with van der Waals surface area (Å²) in [6.07, 6.45) is 9.58. The Kier molecular flexibility index (Phi) is 10.5. The van der Waals surface area contributed by atoms with Gasteiger partial charge < -0.3 is 34.5 Å². The molecule has 1 aromatic carbocycles. The summed E-state index contributed by atoms with van der Waals surface area (Å²) in [5, 5.41) is 17.0. The zero-order chi connectivity index (χ0) is 40.0. The van der Waals surface area contributed by atoms with Gasteiger partial charge in [-0.2, -0.15) is 0 Å². The zero-order valence-electron chi connectivity index (χ0n) is 33.4. The molecule has 6 heterocycles. The summed E-state index contributed by atoms with van der Waals surface area (Å²) >= 11 is 0. The van der Waals surface area contributed by atoms with Crippen molar-refractivity contribution in [1.29, 1.82) is 0 Å². The molecule has 2 atom stereocenters.